The molecule has 0 amide bonds. The van der Waals surface area contributed by atoms with Crippen LogP contribution < -0.4 is 0 Å². The maximum Gasteiger partial charge on any atom is 0.237 e. The Hall–Kier alpha value is -1.19. The lowest BCUT2D eigenvalue weighted by atomic mass is 10.0. The maximum atomic E-state index is 11.5. The molecule has 0 aliphatic heterocycles. The highest BCUT2D eigenvalue weighted by Crippen LogP contribution is 2.38. The van der Waals surface area contributed by atoms with Crippen LogP contribution in [-0.4, -0.2) is 15.9 Å². The van der Waals surface area contributed by atoms with Gasteiger partial charge in [0.05, 0.1) is 5.92 Å². The van der Waals surface area contributed by atoms with E-state index in [0.29, 0.717) is 11.8 Å². The molecule has 4 nitrogen and oxygen atoms in total. The standard InChI is InChI=1S/C14H22N2O2/c1-4-10-6-7-11(8-10)13-15-14(18-16-13)12(5-2)9(3)17/h10-12H,4-8H2,1-3H3. The highest BCUT2D eigenvalue weighted by molar-refractivity contribution is 5.82. The van der Waals surface area contributed by atoms with Gasteiger partial charge in [-0.1, -0.05) is 25.4 Å². The molecule has 1 aromatic heterocycles. The molecule has 0 saturated heterocycles. The van der Waals surface area contributed by atoms with E-state index in [1.807, 2.05) is 6.92 Å². The fraction of sp³-hybridized carbons (Fsp3) is 0.786. The monoisotopic (exact) mass is 250 g/mol. The molecule has 100 valence electrons. The van der Waals surface area contributed by atoms with Gasteiger partial charge in [-0.2, -0.15) is 4.98 Å². The van der Waals surface area contributed by atoms with Gasteiger partial charge in [-0.15, -0.1) is 0 Å². The number of rotatable bonds is 5. The van der Waals surface area contributed by atoms with Gasteiger partial charge in [0.2, 0.25) is 5.89 Å². The van der Waals surface area contributed by atoms with E-state index in [2.05, 4.69) is 17.1 Å². The molecule has 1 aliphatic carbocycles. The fourth-order valence-corrected chi connectivity index (χ4v) is 2.87. The summed E-state index contributed by atoms with van der Waals surface area (Å²) in [6.07, 6.45) is 5.51. The zero-order valence-corrected chi connectivity index (χ0v) is 11.5. The minimum atomic E-state index is -0.227. The molecule has 1 aromatic rings. The normalized spacial score (nSPS) is 25.3. The van der Waals surface area contributed by atoms with E-state index in [9.17, 15) is 4.79 Å². The molecule has 0 spiro atoms. The van der Waals surface area contributed by atoms with E-state index in [-0.39, 0.29) is 11.7 Å². The Bertz CT molecular complexity index is 414. The van der Waals surface area contributed by atoms with Gasteiger partial charge in [0.15, 0.2) is 5.82 Å². The number of Topliss-reactive ketones (excluding diaryl/α,β-unsaturated/α-hetero) is 1. The third-order valence-corrected chi connectivity index (χ3v) is 4.14. The maximum absolute atomic E-state index is 11.5. The first-order chi connectivity index (χ1) is 8.65. The quantitative estimate of drug-likeness (QED) is 0.803. The Morgan fingerprint density at radius 1 is 1.44 bits per heavy atom. The van der Waals surface area contributed by atoms with Crippen LogP contribution >= 0.6 is 0 Å². The van der Waals surface area contributed by atoms with E-state index < -0.39 is 0 Å². The number of hydrogen-bond donors (Lipinski definition) is 0. The summed E-state index contributed by atoms with van der Waals surface area (Å²) in [4.78, 5) is 15.9. The summed E-state index contributed by atoms with van der Waals surface area (Å²) in [5, 5.41) is 4.08. The Balaban J connectivity index is 2.08. The molecule has 0 bridgehead atoms. The smallest absolute Gasteiger partial charge is 0.237 e. The lowest BCUT2D eigenvalue weighted by Crippen LogP contribution is -2.08. The molecule has 2 rings (SSSR count). The minimum absolute atomic E-state index is 0.102. The van der Waals surface area contributed by atoms with Crippen molar-refractivity contribution in [2.45, 2.75) is 64.7 Å². The molecule has 0 aromatic carbocycles. The van der Waals surface area contributed by atoms with Gasteiger partial charge < -0.3 is 4.52 Å². The van der Waals surface area contributed by atoms with Crippen molar-refractivity contribution in [3.8, 4) is 0 Å². The molecule has 3 unspecified atom stereocenters. The molecule has 0 radical (unpaired) electrons. The number of carbonyl (C=O) groups is 1. The third kappa shape index (κ3) is 2.62. The summed E-state index contributed by atoms with van der Waals surface area (Å²) in [5.74, 6) is 2.41. The molecule has 1 heterocycles. The van der Waals surface area contributed by atoms with Gasteiger partial charge in [-0.05, 0) is 38.5 Å². The van der Waals surface area contributed by atoms with Crippen molar-refractivity contribution >= 4 is 5.78 Å². The lowest BCUT2D eigenvalue weighted by molar-refractivity contribution is -0.119. The minimum Gasteiger partial charge on any atom is -0.339 e. The van der Waals surface area contributed by atoms with Gasteiger partial charge in [0.25, 0.3) is 0 Å². The molecule has 1 fully saturated rings. The Morgan fingerprint density at radius 3 is 2.78 bits per heavy atom. The van der Waals surface area contributed by atoms with E-state index in [1.165, 1.54) is 12.8 Å². The van der Waals surface area contributed by atoms with Crippen LogP contribution in [0.5, 0.6) is 0 Å². The van der Waals surface area contributed by atoms with Crippen molar-refractivity contribution in [3.63, 3.8) is 0 Å². The van der Waals surface area contributed by atoms with Crippen molar-refractivity contribution < 1.29 is 9.32 Å². The number of hydrogen-bond acceptors (Lipinski definition) is 4. The molecule has 1 aliphatic rings. The van der Waals surface area contributed by atoms with Crippen molar-refractivity contribution in [1.82, 2.24) is 10.1 Å². The zero-order valence-electron chi connectivity index (χ0n) is 11.5. The predicted octanol–water partition coefficient (Wildman–Crippen LogP) is 3.45. The highest BCUT2D eigenvalue weighted by Gasteiger charge is 2.30. The van der Waals surface area contributed by atoms with Gasteiger partial charge in [-0.3, -0.25) is 4.79 Å². The molecular weight excluding hydrogens is 228 g/mol. The summed E-state index contributed by atoms with van der Waals surface area (Å²) in [6, 6.07) is 0. The van der Waals surface area contributed by atoms with E-state index >= 15 is 0 Å². The van der Waals surface area contributed by atoms with Crippen LogP contribution in [-0.2, 0) is 4.79 Å². The molecule has 4 heteroatoms. The van der Waals surface area contributed by atoms with Gasteiger partial charge >= 0.3 is 0 Å². The predicted molar refractivity (Wildman–Crippen MR) is 68.4 cm³/mol. The summed E-state index contributed by atoms with van der Waals surface area (Å²) in [5.41, 5.74) is 0. The third-order valence-electron chi connectivity index (χ3n) is 4.14. The van der Waals surface area contributed by atoms with Crippen LogP contribution in [0.2, 0.25) is 0 Å². The van der Waals surface area contributed by atoms with Crippen LogP contribution in [0.3, 0.4) is 0 Å². The second-order valence-corrected chi connectivity index (χ2v) is 5.35. The molecular formula is C14H22N2O2. The number of aromatic nitrogens is 2. The van der Waals surface area contributed by atoms with Crippen molar-refractivity contribution in [3.05, 3.63) is 11.7 Å². The average molecular weight is 250 g/mol. The van der Waals surface area contributed by atoms with Crippen LogP contribution in [0.15, 0.2) is 4.52 Å². The molecule has 3 atom stereocenters. The fourth-order valence-electron chi connectivity index (χ4n) is 2.87. The van der Waals surface area contributed by atoms with Crippen molar-refractivity contribution in [1.29, 1.82) is 0 Å². The van der Waals surface area contributed by atoms with Crippen LogP contribution in [0.1, 0.15) is 76.4 Å². The van der Waals surface area contributed by atoms with Gasteiger partial charge in [-0.25, -0.2) is 0 Å². The van der Waals surface area contributed by atoms with Crippen LogP contribution in [0.25, 0.3) is 0 Å². The molecule has 1 saturated carbocycles. The summed E-state index contributed by atoms with van der Waals surface area (Å²) >= 11 is 0. The molecule has 0 N–H and O–H groups in total. The number of ketones is 1. The van der Waals surface area contributed by atoms with Gasteiger partial charge in [0, 0.05) is 5.92 Å². The van der Waals surface area contributed by atoms with Gasteiger partial charge in [0.1, 0.15) is 5.78 Å². The van der Waals surface area contributed by atoms with Crippen LogP contribution in [0, 0.1) is 5.92 Å². The Kier molecular flexibility index (Phi) is 4.15. The summed E-state index contributed by atoms with van der Waals surface area (Å²) < 4.78 is 5.28. The Labute approximate surface area is 108 Å². The largest absolute Gasteiger partial charge is 0.339 e. The number of nitrogens with zero attached hydrogens (tertiary/aromatic N) is 2. The lowest BCUT2D eigenvalue weighted by Gasteiger charge is -2.05. The Morgan fingerprint density at radius 2 is 2.22 bits per heavy atom. The van der Waals surface area contributed by atoms with E-state index in [0.717, 1.165) is 31.0 Å². The first-order valence-electron chi connectivity index (χ1n) is 6.99. The van der Waals surface area contributed by atoms with E-state index in [1.54, 1.807) is 6.92 Å². The van der Waals surface area contributed by atoms with E-state index in [4.69, 9.17) is 4.52 Å². The van der Waals surface area contributed by atoms with Crippen LogP contribution in [0.4, 0.5) is 0 Å². The SMILES string of the molecule is CCC1CCC(c2noc(C(CC)C(C)=O)n2)C1. The van der Waals surface area contributed by atoms with Crippen molar-refractivity contribution in [2.24, 2.45) is 5.92 Å². The second-order valence-electron chi connectivity index (χ2n) is 5.35. The first-order valence-corrected chi connectivity index (χ1v) is 6.99. The zero-order chi connectivity index (χ0) is 13.1. The summed E-state index contributed by atoms with van der Waals surface area (Å²) in [6.45, 7) is 5.79. The highest BCUT2D eigenvalue weighted by atomic mass is 16.5. The average Bonchev–Trinajstić information content (AvgIpc) is 2.96. The second kappa shape index (κ2) is 5.63. The summed E-state index contributed by atoms with van der Waals surface area (Å²) in [7, 11) is 0. The topological polar surface area (TPSA) is 56.0 Å². The number of carbonyl (C=O) groups excluding carboxylic acids is 1. The van der Waals surface area contributed by atoms with Crippen molar-refractivity contribution in [2.75, 3.05) is 0 Å². The first kappa shape index (κ1) is 13.2. The molecule has 18 heavy (non-hydrogen) atoms.